The van der Waals surface area contributed by atoms with E-state index in [1.54, 1.807) is 7.11 Å². The molecule has 0 aromatic heterocycles. The quantitative estimate of drug-likeness (QED) is 0.765. The van der Waals surface area contributed by atoms with E-state index in [9.17, 15) is 4.79 Å². The highest BCUT2D eigenvalue weighted by molar-refractivity contribution is 5.96. The molecular weight excluding hydrogens is 202 g/mol. The van der Waals surface area contributed by atoms with Crippen LogP contribution in [0, 0.1) is 0 Å². The van der Waals surface area contributed by atoms with Crippen LogP contribution >= 0.6 is 0 Å². The van der Waals surface area contributed by atoms with Crippen molar-refractivity contribution >= 4 is 11.6 Å². The molecule has 2 atom stereocenters. The van der Waals surface area contributed by atoms with Gasteiger partial charge in [-0.15, -0.1) is 0 Å². The third kappa shape index (κ3) is 1.52. The molecular formula is C13H17NO2. The summed E-state index contributed by atoms with van der Waals surface area (Å²) in [5.74, 6) is 0.152. The van der Waals surface area contributed by atoms with Crippen molar-refractivity contribution in [1.29, 1.82) is 0 Å². The van der Waals surface area contributed by atoms with Gasteiger partial charge in [0.1, 0.15) is 6.10 Å². The molecule has 1 aromatic carbocycles. The van der Waals surface area contributed by atoms with Gasteiger partial charge < -0.3 is 9.64 Å². The molecule has 1 amide bonds. The summed E-state index contributed by atoms with van der Waals surface area (Å²) in [5.41, 5.74) is 2.10. The highest BCUT2D eigenvalue weighted by atomic mass is 16.5. The number of rotatable bonds is 2. The number of carbonyl (C=O) groups is 1. The van der Waals surface area contributed by atoms with Gasteiger partial charge in [0, 0.05) is 24.8 Å². The normalized spacial score (nSPS) is 23.3. The van der Waals surface area contributed by atoms with E-state index in [1.807, 2.05) is 43.0 Å². The summed E-state index contributed by atoms with van der Waals surface area (Å²) in [6.07, 6.45) is 0.515. The summed E-state index contributed by atoms with van der Waals surface area (Å²) < 4.78 is 5.48. The minimum absolute atomic E-state index is 0.00769. The third-order valence-electron chi connectivity index (χ3n) is 3.17. The Morgan fingerprint density at radius 3 is 2.75 bits per heavy atom. The molecule has 0 N–H and O–H groups in total. The lowest BCUT2D eigenvalue weighted by Crippen LogP contribution is -2.37. The van der Waals surface area contributed by atoms with Gasteiger partial charge in [-0.3, -0.25) is 4.79 Å². The largest absolute Gasteiger partial charge is 0.375 e. The van der Waals surface area contributed by atoms with Crippen LogP contribution in [-0.4, -0.2) is 19.1 Å². The first-order chi connectivity index (χ1) is 7.70. The second kappa shape index (κ2) is 4.26. The highest BCUT2D eigenvalue weighted by Gasteiger charge is 2.38. The Labute approximate surface area is 96.0 Å². The van der Waals surface area contributed by atoms with Crippen molar-refractivity contribution in [2.45, 2.75) is 32.4 Å². The smallest absolute Gasteiger partial charge is 0.227 e. The molecule has 2 unspecified atom stereocenters. The number of methoxy groups -OCH3 is 1. The number of nitrogens with zero attached hydrogens (tertiary/aromatic N) is 1. The van der Waals surface area contributed by atoms with Gasteiger partial charge in [-0.1, -0.05) is 25.1 Å². The Balaban J connectivity index is 2.46. The number of hydrogen-bond donors (Lipinski definition) is 0. The summed E-state index contributed by atoms with van der Waals surface area (Å²) in [6, 6.07) is 8.04. The number of benzene rings is 1. The van der Waals surface area contributed by atoms with E-state index in [1.165, 1.54) is 0 Å². The maximum absolute atomic E-state index is 11.9. The van der Waals surface area contributed by atoms with Gasteiger partial charge in [0.05, 0.1) is 6.04 Å². The average molecular weight is 219 g/mol. The van der Waals surface area contributed by atoms with Gasteiger partial charge in [-0.25, -0.2) is 0 Å². The first-order valence-electron chi connectivity index (χ1n) is 5.64. The monoisotopic (exact) mass is 219 g/mol. The number of amides is 1. The van der Waals surface area contributed by atoms with Crippen LogP contribution < -0.4 is 4.90 Å². The fourth-order valence-corrected chi connectivity index (χ4v) is 2.42. The number of para-hydroxylation sites is 1. The van der Waals surface area contributed by atoms with Crippen molar-refractivity contribution in [1.82, 2.24) is 0 Å². The first-order valence-corrected chi connectivity index (χ1v) is 5.64. The minimum Gasteiger partial charge on any atom is -0.375 e. The van der Waals surface area contributed by atoms with E-state index in [4.69, 9.17) is 4.74 Å². The number of anilines is 1. The van der Waals surface area contributed by atoms with Gasteiger partial charge in [0.25, 0.3) is 0 Å². The highest BCUT2D eigenvalue weighted by Crippen LogP contribution is 2.41. The molecule has 0 aliphatic carbocycles. The fraction of sp³-hybridized carbons (Fsp3) is 0.462. The summed E-state index contributed by atoms with van der Waals surface area (Å²) >= 11 is 0. The van der Waals surface area contributed by atoms with Crippen molar-refractivity contribution in [2.75, 3.05) is 12.0 Å². The molecule has 3 heteroatoms. The zero-order valence-corrected chi connectivity index (χ0v) is 9.93. The van der Waals surface area contributed by atoms with Crippen LogP contribution in [0.2, 0.25) is 0 Å². The van der Waals surface area contributed by atoms with Gasteiger partial charge in [-0.2, -0.15) is 0 Å². The molecule has 0 fully saturated rings. The SMILES string of the molecule is CCC(=O)N1c2ccccc2C(OC)C1C. The Hall–Kier alpha value is -1.35. The van der Waals surface area contributed by atoms with Crippen molar-refractivity contribution in [2.24, 2.45) is 0 Å². The Morgan fingerprint density at radius 2 is 2.12 bits per heavy atom. The number of ether oxygens (including phenoxy) is 1. The number of hydrogen-bond acceptors (Lipinski definition) is 2. The summed E-state index contributed by atoms with van der Waals surface area (Å²) in [4.78, 5) is 13.8. The van der Waals surface area contributed by atoms with Crippen LogP contribution in [0.3, 0.4) is 0 Å². The molecule has 0 bridgehead atoms. The maximum atomic E-state index is 11.9. The van der Waals surface area contributed by atoms with E-state index in [0.717, 1.165) is 11.3 Å². The summed E-state index contributed by atoms with van der Waals surface area (Å²) in [5, 5.41) is 0. The molecule has 1 aliphatic heterocycles. The van der Waals surface area contributed by atoms with E-state index >= 15 is 0 Å². The molecule has 1 aliphatic rings. The standard InChI is InChI=1S/C13H17NO2/c1-4-12(15)14-9(2)13(16-3)10-7-5-6-8-11(10)14/h5-9,13H,4H2,1-3H3. The zero-order chi connectivity index (χ0) is 11.7. The topological polar surface area (TPSA) is 29.5 Å². The minimum atomic E-state index is -0.00769. The second-order valence-corrected chi connectivity index (χ2v) is 4.07. The molecule has 86 valence electrons. The summed E-state index contributed by atoms with van der Waals surface area (Å²) in [6.45, 7) is 3.92. The van der Waals surface area contributed by atoms with Crippen LogP contribution in [0.5, 0.6) is 0 Å². The van der Waals surface area contributed by atoms with Gasteiger partial charge in [-0.05, 0) is 13.0 Å². The fourth-order valence-electron chi connectivity index (χ4n) is 2.42. The van der Waals surface area contributed by atoms with Crippen LogP contribution in [0.25, 0.3) is 0 Å². The number of carbonyl (C=O) groups excluding carboxylic acids is 1. The first kappa shape index (κ1) is 11.1. The molecule has 0 saturated heterocycles. The number of fused-ring (bicyclic) bond motifs is 1. The Kier molecular flexibility index (Phi) is 2.97. The molecule has 0 radical (unpaired) electrons. The zero-order valence-electron chi connectivity index (χ0n) is 9.93. The van der Waals surface area contributed by atoms with Crippen molar-refractivity contribution in [3.63, 3.8) is 0 Å². The lowest BCUT2D eigenvalue weighted by atomic mass is 10.1. The maximum Gasteiger partial charge on any atom is 0.227 e. The Morgan fingerprint density at radius 1 is 1.44 bits per heavy atom. The lowest BCUT2D eigenvalue weighted by Gasteiger charge is -2.24. The molecule has 1 heterocycles. The molecule has 0 saturated carbocycles. The predicted octanol–water partition coefficient (Wildman–Crippen LogP) is 2.52. The predicted molar refractivity (Wildman–Crippen MR) is 63.4 cm³/mol. The molecule has 0 spiro atoms. The van der Waals surface area contributed by atoms with Crippen molar-refractivity contribution in [3.8, 4) is 0 Å². The van der Waals surface area contributed by atoms with Gasteiger partial charge >= 0.3 is 0 Å². The average Bonchev–Trinajstić information content (AvgIpc) is 2.60. The van der Waals surface area contributed by atoms with Gasteiger partial charge in [0.2, 0.25) is 5.91 Å². The lowest BCUT2D eigenvalue weighted by molar-refractivity contribution is -0.119. The van der Waals surface area contributed by atoms with E-state index < -0.39 is 0 Å². The van der Waals surface area contributed by atoms with Crippen molar-refractivity contribution < 1.29 is 9.53 Å². The van der Waals surface area contributed by atoms with Gasteiger partial charge in [0.15, 0.2) is 0 Å². The van der Waals surface area contributed by atoms with Crippen LogP contribution in [0.4, 0.5) is 5.69 Å². The second-order valence-electron chi connectivity index (χ2n) is 4.07. The van der Waals surface area contributed by atoms with E-state index in [2.05, 4.69) is 0 Å². The molecule has 2 rings (SSSR count). The third-order valence-corrected chi connectivity index (χ3v) is 3.17. The van der Waals surface area contributed by atoms with Crippen LogP contribution in [0.1, 0.15) is 31.9 Å². The van der Waals surface area contributed by atoms with Crippen molar-refractivity contribution in [3.05, 3.63) is 29.8 Å². The van der Waals surface area contributed by atoms with Crippen LogP contribution in [0.15, 0.2) is 24.3 Å². The molecule has 16 heavy (non-hydrogen) atoms. The molecule has 1 aromatic rings. The van der Waals surface area contributed by atoms with E-state index in [0.29, 0.717) is 6.42 Å². The summed E-state index contributed by atoms with van der Waals surface area (Å²) in [7, 11) is 1.69. The van der Waals surface area contributed by atoms with E-state index in [-0.39, 0.29) is 18.1 Å². The molecule has 3 nitrogen and oxygen atoms in total. The Bertz CT molecular complexity index is 403. The van der Waals surface area contributed by atoms with Crippen LogP contribution in [-0.2, 0) is 9.53 Å².